The van der Waals surface area contributed by atoms with Gasteiger partial charge in [-0.05, 0) is 70.1 Å². The number of aliphatic hydroxyl groups is 1. The van der Waals surface area contributed by atoms with Crippen LogP contribution in [0.25, 0.3) is 0 Å². The van der Waals surface area contributed by atoms with Gasteiger partial charge in [-0.1, -0.05) is 31.8 Å². The molecule has 2 aliphatic carbocycles. The van der Waals surface area contributed by atoms with E-state index in [4.69, 9.17) is 4.74 Å². The first kappa shape index (κ1) is 26.6. The van der Waals surface area contributed by atoms with Gasteiger partial charge in [-0.25, -0.2) is 0 Å². The molecule has 0 bridgehead atoms. The topological polar surface area (TPSA) is 44.7 Å². The minimum atomic E-state index is -4.15. The fourth-order valence-electron chi connectivity index (χ4n) is 6.87. The summed E-state index contributed by atoms with van der Waals surface area (Å²) >= 11 is 1.81. The number of hydrogen-bond acceptors (Lipinski definition) is 5. The molecule has 0 aromatic heterocycles. The minimum absolute atomic E-state index is 0.0222. The highest BCUT2D eigenvalue weighted by molar-refractivity contribution is 8.00. The standard InChI is InChI=1S/C26H43F3N2O2S/c1-16-8-13-22-24(30-16)34-23(14-18-9-11-19(12-10-18)17(2)33-3)25(32)31(22)15-20-6-4-5-7-21(20)26(27,28)29/h8,17-25,30,32H,4-7,9-15H2,1-3H3. The number of hydrogen-bond donors (Lipinski definition) is 2. The van der Waals surface area contributed by atoms with E-state index in [-0.39, 0.29) is 29.2 Å². The van der Waals surface area contributed by atoms with Gasteiger partial charge in [-0.15, -0.1) is 11.8 Å². The SMILES string of the molecule is COC(C)C1CCC(CC2SC3NC(C)=CCC3N(CC3CCCCC3C(F)(F)F)C2O)CC1. The Bertz CT molecular complexity index is 698. The molecule has 0 amide bonds. The molecule has 2 saturated carbocycles. The number of ether oxygens (including phenoxy) is 1. The molecule has 196 valence electrons. The quantitative estimate of drug-likeness (QED) is 0.471. The van der Waals surface area contributed by atoms with E-state index < -0.39 is 24.2 Å². The summed E-state index contributed by atoms with van der Waals surface area (Å²) in [7, 11) is 1.78. The normalized spacial score (nSPS) is 40.7. The van der Waals surface area contributed by atoms with Crippen molar-refractivity contribution < 1.29 is 23.0 Å². The van der Waals surface area contributed by atoms with E-state index in [1.165, 1.54) is 0 Å². The van der Waals surface area contributed by atoms with Crippen molar-refractivity contribution in [2.45, 2.75) is 113 Å². The zero-order valence-electron chi connectivity index (χ0n) is 20.9. The van der Waals surface area contributed by atoms with Crippen LogP contribution in [0.4, 0.5) is 13.2 Å². The molecule has 3 fully saturated rings. The number of nitrogens with one attached hydrogen (secondary N) is 1. The van der Waals surface area contributed by atoms with Gasteiger partial charge >= 0.3 is 6.18 Å². The predicted molar refractivity (Wildman–Crippen MR) is 131 cm³/mol. The van der Waals surface area contributed by atoms with Crippen LogP contribution in [0.5, 0.6) is 0 Å². The number of halogens is 3. The largest absolute Gasteiger partial charge is 0.392 e. The van der Waals surface area contributed by atoms with Crippen LogP contribution in [0, 0.1) is 23.7 Å². The smallest absolute Gasteiger partial charge is 0.381 e. The van der Waals surface area contributed by atoms with Gasteiger partial charge < -0.3 is 15.2 Å². The number of alkyl halides is 3. The first-order valence-corrected chi connectivity index (χ1v) is 14.2. The Labute approximate surface area is 207 Å². The second-order valence-electron chi connectivity index (χ2n) is 11.2. The number of aliphatic hydroxyl groups excluding tert-OH is 1. The monoisotopic (exact) mass is 504 g/mol. The Hall–Kier alpha value is -0.440. The van der Waals surface area contributed by atoms with E-state index in [0.29, 0.717) is 31.2 Å². The van der Waals surface area contributed by atoms with Gasteiger partial charge in [0, 0.05) is 30.6 Å². The molecule has 34 heavy (non-hydrogen) atoms. The maximum Gasteiger partial charge on any atom is 0.392 e. The van der Waals surface area contributed by atoms with Crippen LogP contribution < -0.4 is 5.32 Å². The van der Waals surface area contributed by atoms with Gasteiger partial charge in [0.2, 0.25) is 0 Å². The van der Waals surface area contributed by atoms with E-state index in [9.17, 15) is 18.3 Å². The van der Waals surface area contributed by atoms with Gasteiger partial charge in [-0.2, -0.15) is 13.2 Å². The van der Waals surface area contributed by atoms with Crippen molar-refractivity contribution in [3.63, 3.8) is 0 Å². The molecule has 0 radical (unpaired) electrons. The highest BCUT2D eigenvalue weighted by atomic mass is 32.2. The number of thioether (sulfide) groups is 1. The Morgan fingerprint density at radius 2 is 1.88 bits per heavy atom. The summed E-state index contributed by atoms with van der Waals surface area (Å²) in [5.74, 6) is -0.509. The van der Waals surface area contributed by atoms with E-state index in [1.54, 1.807) is 7.11 Å². The Morgan fingerprint density at radius 3 is 2.56 bits per heavy atom. The van der Waals surface area contributed by atoms with Gasteiger partial charge in [0.05, 0.1) is 17.4 Å². The summed E-state index contributed by atoms with van der Waals surface area (Å²) < 4.78 is 47.0. The number of methoxy groups -OCH3 is 1. The lowest BCUT2D eigenvalue weighted by Gasteiger charge is -2.52. The third kappa shape index (κ3) is 6.09. The van der Waals surface area contributed by atoms with Crippen LogP contribution in [0.2, 0.25) is 0 Å². The number of fused-ring (bicyclic) bond motifs is 1. The summed E-state index contributed by atoms with van der Waals surface area (Å²) in [5, 5.41) is 15.2. The van der Waals surface area contributed by atoms with Crippen molar-refractivity contribution in [3.05, 3.63) is 11.8 Å². The van der Waals surface area contributed by atoms with Crippen LogP contribution in [-0.4, -0.2) is 58.8 Å². The summed E-state index contributed by atoms with van der Waals surface area (Å²) in [6.45, 7) is 4.55. The summed E-state index contributed by atoms with van der Waals surface area (Å²) in [5.41, 5.74) is 1.13. The molecule has 0 aromatic rings. The van der Waals surface area contributed by atoms with Crippen molar-refractivity contribution in [2.75, 3.05) is 13.7 Å². The van der Waals surface area contributed by atoms with Crippen molar-refractivity contribution in [1.82, 2.24) is 10.2 Å². The van der Waals surface area contributed by atoms with E-state index in [2.05, 4.69) is 30.1 Å². The fourth-order valence-corrected chi connectivity index (χ4v) is 8.63. The molecule has 8 heteroatoms. The first-order chi connectivity index (χ1) is 16.2. The average molecular weight is 505 g/mol. The summed E-state index contributed by atoms with van der Waals surface area (Å²) in [6, 6.07) is 0.0362. The van der Waals surface area contributed by atoms with E-state index >= 15 is 0 Å². The second-order valence-corrected chi connectivity index (χ2v) is 12.6. The maximum absolute atomic E-state index is 13.8. The maximum atomic E-state index is 13.8. The van der Waals surface area contributed by atoms with E-state index in [1.807, 2.05) is 11.8 Å². The third-order valence-corrected chi connectivity index (χ3v) is 10.6. The molecular weight excluding hydrogens is 461 g/mol. The van der Waals surface area contributed by atoms with Crippen LogP contribution >= 0.6 is 11.8 Å². The number of nitrogens with zero attached hydrogens (tertiary/aromatic N) is 1. The zero-order chi connectivity index (χ0) is 24.5. The minimum Gasteiger partial charge on any atom is -0.381 e. The third-order valence-electron chi connectivity index (χ3n) is 9.07. The Morgan fingerprint density at radius 1 is 1.18 bits per heavy atom. The molecular formula is C26H43F3N2O2S. The lowest BCUT2D eigenvalue weighted by molar-refractivity contribution is -0.201. The molecule has 1 saturated heterocycles. The molecule has 0 aromatic carbocycles. The predicted octanol–water partition coefficient (Wildman–Crippen LogP) is 5.91. The highest BCUT2D eigenvalue weighted by Crippen LogP contribution is 2.46. The van der Waals surface area contributed by atoms with Crippen molar-refractivity contribution >= 4 is 11.8 Å². The van der Waals surface area contributed by atoms with Gasteiger partial charge in [0.1, 0.15) is 6.23 Å². The summed E-state index contributed by atoms with van der Waals surface area (Å²) in [6.07, 6.45) is 6.20. The molecule has 2 aliphatic heterocycles. The van der Waals surface area contributed by atoms with Crippen LogP contribution in [-0.2, 0) is 4.74 Å². The summed E-state index contributed by atoms with van der Waals surface area (Å²) in [4.78, 5) is 2.05. The van der Waals surface area contributed by atoms with Crippen molar-refractivity contribution in [1.29, 1.82) is 0 Å². The average Bonchev–Trinajstić information content (AvgIpc) is 2.81. The van der Waals surface area contributed by atoms with Gasteiger partial charge in [-0.3, -0.25) is 4.90 Å². The van der Waals surface area contributed by atoms with Gasteiger partial charge in [0.25, 0.3) is 0 Å². The van der Waals surface area contributed by atoms with E-state index in [0.717, 1.165) is 50.6 Å². The number of rotatable bonds is 6. The fraction of sp³-hybridized carbons (Fsp3) is 0.923. The van der Waals surface area contributed by atoms with Crippen LogP contribution in [0.1, 0.15) is 78.1 Å². The van der Waals surface area contributed by atoms with Crippen LogP contribution in [0.3, 0.4) is 0 Å². The first-order valence-electron chi connectivity index (χ1n) is 13.3. The lowest BCUT2D eigenvalue weighted by atomic mass is 9.77. The highest BCUT2D eigenvalue weighted by Gasteiger charge is 2.49. The van der Waals surface area contributed by atoms with Crippen molar-refractivity contribution in [3.8, 4) is 0 Å². The molecule has 2 N–H and O–H groups in total. The number of allylic oxidation sites excluding steroid dienone is 1. The molecule has 7 atom stereocenters. The molecule has 4 aliphatic rings. The molecule has 2 heterocycles. The molecule has 4 nitrogen and oxygen atoms in total. The van der Waals surface area contributed by atoms with Crippen LogP contribution in [0.15, 0.2) is 11.8 Å². The lowest BCUT2D eigenvalue weighted by Crippen LogP contribution is -2.62. The van der Waals surface area contributed by atoms with Crippen molar-refractivity contribution in [2.24, 2.45) is 23.7 Å². The zero-order valence-corrected chi connectivity index (χ0v) is 21.7. The molecule has 0 spiro atoms. The Kier molecular flexibility index (Phi) is 8.85. The molecule has 7 unspecified atom stereocenters. The van der Waals surface area contributed by atoms with Gasteiger partial charge in [0.15, 0.2) is 0 Å². The second kappa shape index (κ2) is 11.3. The Balaban J connectivity index is 1.45. The molecule has 4 rings (SSSR count).